The molecular formula is C22H24ClN5O. The van der Waals surface area contributed by atoms with Crippen LogP contribution in [0.5, 0.6) is 0 Å². The summed E-state index contributed by atoms with van der Waals surface area (Å²) in [5.41, 5.74) is 3.62. The first-order chi connectivity index (χ1) is 14.2. The lowest BCUT2D eigenvalue weighted by molar-refractivity contribution is 0.251. The van der Waals surface area contributed by atoms with E-state index in [9.17, 15) is 4.79 Å². The summed E-state index contributed by atoms with van der Waals surface area (Å²) in [7, 11) is 0. The van der Waals surface area contributed by atoms with Crippen LogP contribution in [0.1, 0.15) is 24.8 Å². The number of carbonyl (C=O) groups excluding carboxylic acids is 1. The van der Waals surface area contributed by atoms with Crippen molar-refractivity contribution in [3.63, 3.8) is 0 Å². The highest BCUT2D eigenvalue weighted by atomic mass is 35.5. The van der Waals surface area contributed by atoms with Gasteiger partial charge in [0.05, 0.1) is 16.4 Å². The smallest absolute Gasteiger partial charge is 0.319 e. The average Bonchev–Trinajstić information content (AvgIpc) is 3.28. The number of aromatic nitrogens is 2. The highest BCUT2D eigenvalue weighted by Gasteiger charge is 2.14. The quantitative estimate of drug-likeness (QED) is 0.634. The zero-order valence-corrected chi connectivity index (χ0v) is 16.9. The van der Waals surface area contributed by atoms with E-state index in [2.05, 4.69) is 20.6 Å². The molecule has 0 bridgehead atoms. The van der Waals surface area contributed by atoms with Crippen molar-refractivity contribution in [1.82, 2.24) is 15.1 Å². The molecule has 29 heavy (non-hydrogen) atoms. The van der Waals surface area contributed by atoms with Crippen LogP contribution >= 0.6 is 11.6 Å². The largest absolute Gasteiger partial charge is 0.370 e. The Hall–Kier alpha value is -2.99. The van der Waals surface area contributed by atoms with Crippen LogP contribution in [0.25, 0.3) is 5.69 Å². The van der Waals surface area contributed by atoms with E-state index in [0.29, 0.717) is 17.3 Å². The molecule has 150 valence electrons. The molecule has 0 unspecified atom stereocenters. The van der Waals surface area contributed by atoms with E-state index in [1.54, 1.807) is 10.9 Å². The molecule has 2 heterocycles. The zero-order chi connectivity index (χ0) is 20.1. The Balaban J connectivity index is 1.38. The molecule has 0 aliphatic carbocycles. The van der Waals surface area contributed by atoms with Gasteiger partial charge >= 0.3 is 6.03 Å². The number of halogens is 1. The van der Waals surface area contributed by atoms with E-state index in [1.165, 1.54) is 19.3 Å². The Labute approximate surface area is 175 Å². The first kappa shape index (κ1) is 19.3. The molecule has 1 aromatic heterocycles. The summed E-state index contributed by atoms with van der Waals surface area (Å²) in [6.07, 6.45) is 7.27. The van der Waals surface area contributed by atoms with Crippen LogP contribution in [0.15, 0.2) is 60.9 Å². The van der Waals surface area contributed by atoms with Crippen molar-refractivity contribution in [3.05, 3.63) is 71.5 Å². The fraction of sp³-hybridized carbons (Fsp3) is 0.273. The van der Waals surface area contributed by atoms with Crippen molar-refractivity contribution in [2.75, 3.05) is 23.3 Å². The van der Waals surface area contributed by atoms with Crippen LogP contribution in [-0.4, -0.2) is 28.9 Å². The summed E-state index contributed by atoms with van der Waals surface area (Å²) in [4.78, 5) is 14.7. The Morgan fingerprint density at radius 3 is 2.62 bits per heavy atom. The van der Waals surface area contributed by atoms with Gasteiger partial charge in [0.15, 0.2) is 0 Å². The molecule has 7 heteroatoms. The Kier molecular flexibility index (Phi) is 6.00. The van der Waals surface area contributed by atoms with Crippen LogP contribution < -0.4 is 15.5 Å². The van der Waals surface area contributed by atoms with E-state index < -0.39 is 0 Å². The molecule has 0 atom stereocenters. The Morgan fingerprint density at radius 1 is 1.03 bits per heavy atom. The molecule has 6 nitrogen and oxygen atoms in total. The van der Waals surface area contributed by atoms with Gasteiger partial charge in [0, 0.05) is 37.7 Å². The monoisotopic (exact) mass is 409 g/mol. The third-order valence-corrected chi connectivity index (χ3v) is 5.39. The number of carbonyl (C=O) groups is 1. The lowest BCUT2D eigenvalue weighted by Gasteiger charge is -2.29. The summed E-state index contributed by atoms with van der Waals surface area (Å²) in [5.74, 6) is 0. The van der Waals surface area contributed by atoms with Crippen LogP contribution in [0.2, 0.25) is 5.02 Å². The second-order valence-electron chi connectivity index (χ2n) is 7.10. The van der Waals surface area contributed by atoms with Gasteiger partial charge in [-0.2, -0.15) is 5.10 Å². The summed E-state index contributed by atoms with van der Waals surface area (Å²) in [6.45, 7) is 2.45. The van der Waals surface area contributed by atoms with Gasteiger partial charge in [-0.3, -0.25) is 0 Å². The normalized spacial score (nSPS) is 13.9. The summed E-state index contributed by atoms with van der Waals surface area (Å²) >= 11 is 6.47. The minimum Gasteiger partial charge on any atom is -0.370 e. The standard InChI is InChI=1S/C22H24ClN5O/c23-19-15-18(9-10-21(19)27-12-4-1-5-13-27)26-22(29)24-16-17-7-2-3-8-20(17)28-14-6-11-25-28/h2-3,6-11,14-15H,1,4-5,12-13,16H2,(H2,24,26,29). The molecule has 0 spiro atoms. The number of amides is 2. The van der Waals surface area contributed by atoms with Crippen LogP contribution in [-0.2, 0) is 6.54 Å². The van der Waals surface area contributed by atoms with Gasteiger partial charge in [-0.15, -0.1) is 0 Å². The fourth-order valence-electron chi connectivity index (χ4n) is 3.62. The van der Waals surface area contributed by atoms with E-state index >= 15 is 0 Å². The van der Waals surface area contributed by atoms with Gasteiger partial charge in [-0.25, -0.2) is 9.48 Å². The molecular weight excluding hydrogens is 386 g/mol. The average molecular weight is 410 g/mol. The number of hydrogen-bond acceptors (Lipinski definition) is 3. The predicted octanol–water partition coefficient (Wildman–Crippen LogP) is 4.84. The molecule has 1 aliphatic rings. The second-order valence-corrected chi connectivity index (χ2v) is 7.51. The van der Waals surface area contributed by atoms with E-state index in [4.69, 9.17) is 11.6 Å². The minimum absolute atomic E-state index is 0.276. The van der Waals surface area contributed by atoms with Crippen molar-refractivity contribution >= 4 is 29.0 Å². The molecule has 1 saturated heterocycles. The molecule has 0 saturated carbocycles. The van der Waals surface area contributed by atoms with Gasteiger partial charge in [-0.1, -0.05) is 29.8 Å². The highest BCUT2D eigenvalue weighted by Crippen LogP contribution is 2.30. The van der Waals surface area contributed by atoms with E-state index in [-0.39, 0.29) is 6.03 Å². The topological polar surface area (TPSA) is 62.2 Å². The number of urea groups is 1. The third kappa shape index (κ3) is 4.71. The summed E-state index contributed by atoms with van der Waals surface area (Å²) in [6, 6.07) is 15.1. The van der Waals surface area contributed by atoms with Gasteiger partial charge < -0.3 is 15.5 Å². The van der Waals surface area contributed by atoms with Crippen LogP contribution in [0.4, 0.5) is 16.2 Å². The maximum absolute atomic E-state index is 12.4. The lowest BCUT2D eigenvalue weighted by Crippen LogP contribution is -2.30. The molecule has 0 radical (unpaired) electrons. The molecule has 2 aromatic carbocycles. The van der Waals surface area contributed by atoms with Crippen molar-refractivity contribution in [3.8, 4) is 5.69 Å². The van der Waals surface area contributed by atoms with Crippen molar-refractivity contribution in [2.24, 2.45) is 0 Å². The zero-order valence-electron chi connectivity index (χ0n) is 16.1. The number of piperidine rings is 1. The van der Waals surface area contributed by atoms with Crippen LogP contribution in [0.3, 0.4) is 0 Å². The molecule has 4 rings (SSSR count). The highest BCUT2D eigenvalue weighted by molar-refractivity contribution is 6.33. The van der Waals surface area contributed by atoms with Gasteiger partial charge in [0.25, 0.3) is 0 Å². The van der Waals surface area contributed by atoms with Crippen molar-refractivity contribution in [2.45, 2.75) is 25.8 Å². The summed E-state index contributed by atoms with van der Waals surface area (Å²) in [5, 5.41) is 10.7. The maximum Gasteiger partial charge on any atom is 0.319 e. The minimum atomic E-state index is -0.276. The van der Waals surface area contributed by atoms with Gasteiger partial charge in [0.1, 0.15) is 0 Å². The Morgan fingerprint density at radius 2 is 1.86 bits per heavy atom. The number of para-hydroxylation sites is 1. The Bertz CT molecular complexity index is 967. The summed E-state index contributed by atoms with van der Waals surface area (Å²) < 4.78 is 1.79. The van der Waals surface area contributed by atoms with Crippen LogP contribution in [0, 0.1) is 0 Å². The second kappa shape index (κ2) is 9.01. The number of hydrogen-bond donors (Lipinski definition) is 2. The SMILES string of the molecule is O=C(NCc1ccccc1-n1cccn1)Nc1ccc(N2CCCCC2)c(Cl)c1. The maximum atomic E-state index is 12.4. The van der Waals surface area contributed by atoms with E-state index in [0.717, 1.165) is 30.0 Å². The number of rotatable bonds is 5. The fourth-order valence-corrected chi connectivity index (χ4v) is 3.92. The van der Waals surface area contributed by atoms with E-state index in [1.807, 2.05) is 54.7 Å². The molecule has 3 aromatic rings. The number of nitrogens with zero attached hydrogens (tertiary/aromatic N) is 3. The first-order valence-electron chi connectivity index (χ1n) is 9.88. The van der Waals surface area contributed by atoms with Gasteiger partial charge in [-0.05, 0) is 55.2 Å². The molecule has 2 amide bonds. The molecule has 1 fully saturated rings. The number of anilines is 2. The van der Waals surface area contributed by atoms with Crippen molar-refractivity contribution in [1.29, 1.82) is 0 Å². The van der Waals surface area contributed by atoms with Crippen molar-refractivity contribution < 1.29 is 4.79 Å². The lowest BCUT2D eigenvalue weighted by atomic mass is 10.1. The number of nitrogens with one attached hydrogen (secondary N) is 2. The van der Waals surface area contributed by atoms with Gasteiger partial charge in [0.2, 0.25) is 0 Å². The predicted molar refractivity (Wildman–Crippen MR) is 117 cm³/mol. The number of benzene rings is 2. The molecule has 1 aliphatic heterocycles. The first-order valence-corrected chi connectivity index (χ1v) is 10.3. The third-order valence-electron chi connectivity index (χ3n) is 5.08. The molecule has 2 N–H and O–H groups in total.